The maximum absolute atomic E-state index is 12.6. The van der Waals surface area contributed by atoms with Gasteiger partial charge >= 0.3 is 6.03 Å². The fourth-order valence-corrected chi connectivity index (χ4v) is 3.14. The minimum absolute atomic E-state index is 0.102. The molecule has 0 aromatic heterocycles. The van der Waals surface area contributed by atoms with Crippen molar-refractivity contribution in [1.29, 1.82) is 5.26 Å². The van der Waals surface area contributed by atoms with Crippen LogP contribution in [0.4, 0.5) is 4.79 Å². The smallest absolute Gasteiger partial charge is 0.325 e. The molecule has 2 fully saturated rings. The van der Waals surface area contributed by atoms with Crippen LogP contribution in [0, 0.1) is 17.2 Å². The Morgan fingerprint density at radius 3 is 2.95 bits per heavy atom. The second-order valence-corrected chi connectivity index (χ2v) is 5.41. The summed E-state index contributed by atoms with van der Waals surface area (Å²) in [5, 5.41) is 13.5. The molecule has 1 aliphatic heterocycles. The van der Waals surface area contributed by atoms with E-state index in [-0.39, 0.29) is 24.9 Å². The zero-order valence-electron chi connectivity index (χ0n) is 11.7. The Hall–Kier alpha value is -2.14. The van der Waals surface area contributed by atoms with Crippen LogP contribution in [0.25, 0.3) is 0 Å². The van der Waals surface area contributed by atoms with Crippen molar-refractivity contribution in [3.63, 3.8) is 0 Å². The van der Waals surface area contributed by atoms with Gasteiger partial charge in [0.05, 0.1) is 6.07 Å². The molecular weight excluding hydrogens is 274 g/mol. The van der Waals surface area contributed by atoms with Gasteiger partial charge in [-0.25, -0.2) is 4.79 Å². The highest BCUT2D eigenvalue weighted by Crippen LogP contribution is 2.37. The van der Waals surface area contributed by atoms with Crippen molar-refractivity contribution < 1.29 is 14.4 Å². The topological polar surface area (TPSA) is 128 Å². The number of carbonyl (C=O) groups is 3. The lowest BCUT2D eigenvalue weighted by atomic mass is 9.72. The van der Waals surface area contributed by atoms with Gasteiger partial charge in [-0.05, 0) is 19.4 Å². The number of carbonyl (C=O) groups excluding carboxylic acids is 3. The molecule has 1 saturated carbocycles. The Kier molecular flexibility index (Phi) is 4.43. The second kappa shape index (κ2) is 6.10. The van der Waals surface area contributed by atoms with E-state index >= 15 is 0 Å². The quantitative estimate of drug-likeness (QED) is 0.455. The molecule has 2 rings (SSSR count). The van der Waals surface area contributed by atoms with Crippen molar-refractivity contribution in [2.75, 3.05) is 19.6 Å². The van der Waals surface area contributed by atoms with Crippen LogP contribution in [0.3, 0.4) is 0 Å². The first-order valence-electron chi connectivity index (χ1n) is 7.03. The number of urea groups is 1. The number of nitrogens with one attached hydrogen (secondary N) is 2. The molecule has 2 unspecified atom stereocenters. The normalized spacial score (nSPS) is 28.4. The van der Waals surface area contributed by atoms with Gasteiger partial charge in [-0.2, -0.15) is 5.26 Å². The van der Waals surface area contributed by atoms with Crippen molar-refractivity contribution in [1.82, 2.24) is 15.5 Å². The molecule has 0 aromatic carbocycles. The van der Waals surface area contributed by atoms with Crippen LogP contribution < -0.4 is 16.4 Å². The van der Waals surface area contributed by atoms with E-state index < -0.39 is 17.5 Å². The molecule has 1 heterocycles. The van der Waals surface area contributed by atoms with E-state index in [1.165, 1.54) is 0 Å². The fraction of sp³-hybridized carbons (Fsp3) is 0.692. The molecule has 114 valence electrons. The second-order valence-electron chi connectivity index (χ2n) is 5.41. The lowest BCUT2D eigenvalue weighted by Gasteiger charge is -2.38. The highest BCUT2D eigenvalue weighted by Gasteiger charge is 2.56. The highest BCUT2D eigenvalue weighted by atomic mass is 16.2. The van der Waals surface area contributed by atoms with Crippen LogP contribution in [-0.4, -0.2) is 47.9 Å². The SMILES string of the molecule is N#CCNC(=O)CN1C(=O)NC2(CCCCC2CN)C1=O. The number of nitriles is 1. The fourth-order valence-electron chi connectivity index (χ4n) is 3.14. The van der Waals surface area contributed by atoms with Gasteiger partial charge in [0.1, 0.15) is 18.6 Å². The summed E-state index contributed by atoms with van der Waals surface area (Å²) >= 11 is 0. The van der Waals surface area contributed by atoms with Gasteiger partial charge in [-0.1, -0.05) is 12.8 Å². The summed E-state index contributed by atoms with van der Waals surface area (Å²) in [4.78, 5) is 37.2. The molecule has 2 atom stereocenters. The van der Waals surface area contributed by atoms with Crippen LogP contribution in [0.2, 0.25) is 0 Å². The minimum Gasteiger partial charge on any atom is -0.341 e. The van der Waals surface area contributed by atoms with Crippen molar-refractivity contribution in [2.24, 2.45) is 11.7 Å². The third kappa shape index (κ3) is 2.69. The molecule has 1 aliphatic carbocycles. The molecule has 4 amide bonds. The zero-order valence-corrected chi connectivity index (χ0v) is 11.7. The van der Waals surface area contributed by atoms with Crippen LogP contribution in [0.15, 0.2) is 0 Å². The molecular formula is C13H19N5O3. The van der Waals surface area contributed by atoms with E-state index in [0.717, 1.165) is 24.2 Å². The Morgan fingerprint density at radius 1 is 1.52 bits per heavy atom. The summed E-state index contributed by atoms with van der Waals surface area (Å²) in [5.74, 6) is -1.01. The average molecular weight is 293 g/mol. The molecule has 1 spiro atoms. The Labute approximate surface area is 122 Å². The molecule has 21 heavy (non-hydrogen) atoms. The van der Waals surface area contributed by atoms with Crippen molar-refractivity contribution in [3.05, 3.63) is 0 Å². The van der Waals surface area contributed by atoms with E-state index in [1.54, 1.807) is 6.07 Å². The minimum atomic E-state index is -0.959. The number of rotatable bonds is 4. The number of nitrogens with zero attached hydrogens (tertiary/aromatic N) is 2. The van der Waals surface area contributed by atoms with Gasteiger partial charge in [0.15, 0.2) is 0 Å². The number of nitrogens with two attached hydrogens (primary N) is 1. The lowest BCUT2D eigenvalue weighted by molar-refractivity contribution is -0.137. The number of hydrogen-bond donors (Lipinski definition) is 3. The standard InChI is InChI=1S/C13H19N5O3/c14-5-6-16-10(19)8-18-11(20)13(17-12(18)21)4-2-1-3-9(13)7-15/h9H,1-4,6-8,15H2,(H,16,19)(H,17,21). The molecule has 0 aromatic rings. The summed E-state index contributed by atoms with van der Waals surface area (Å²) in [6.45, 7) is -0.203. The van der Waals surface area contributed by atoms with Crippen LogP contribution in [0.5, 0.6) is 0 Å². The monoisotopic (exact) mass is 293 g/mol. The average Bonchev–Trinajstić information content (AvgIpc) is 2.70. The van der Waals surface area contributed by atoms with Crippen LogP contribution >= 0.6 is 0 Å². The highest BCUT2D eigenvalue weighted by molar-refractivity contribution is 6.09. The first-order valence-corrected chi connectivity index (χ1v) is 7.03. The largest absolute Gasteiger partial charge is 0.341 e. The van der Waals surface area contributed by atoms with E-state index in [9.17, 15) is 14.4 Å². The Morgan fingerprint density at radius 2 is 2.29 bits per heavy atom. The van der Waals surface area contributed by atoms with Gasteiger partial charge in [0.25, 0.3) is 5.91 Å². The summed E-state index contributed by atoms with van der Waals surface area (Å²) in [6.07, 6.45) is 3.17. The molecule has 2 aliphatic rings. The van der Waals surface area contributed by atoms with Gasteiger partial charge in [0.2, 0.25) is 5.91 Å². The molecule has 4 N–H and O–H groups in total. The predicted molar refractivity (Wildman–Crippen MR) is 72.6 cm³/mol. The molecule has 8 nitrogen and oxygen atoms in total. The maximum Gasteiger partial charge on any atom is 0.325 e. The van der Waals surface area contributed by atoms with Crippen LogP contribution in [-0.2, 0) is 9.59 Å². The van der Waals surface area contributed by atoms with E-state index in [1.807, 2.05) is 0 Å². The van der Waals surface area contributed by atoms with E-state index in [0.29, 0.717) is 13.0 Å². The summed E-state index contributed by atoms with van der Waals surface area (Å²) in [7, 11) is 0. The third-order valence-corrected chi connectivity index (χ3v) is 4.22. The van der Waals surface area contributed by atoms with Gasteiger partial charge in [-0.3, -0.25) is 14.5 Å². The molecule has 1 saturated heterocycles. The van der Waals surface area contributed by atoms with Gasteiger partial charge in [-0.15, -0.1) is 0 Å². The van der Waals surface area contributed by atoms with E-state index in [2.05, 4.69) is 10.6 Å². The zero-order chi connectivity index (χ0) is 15.5. The summed E-state index contributed by atoms with van der Waals surface area (Å²) in [5.41, 5.74) is 4.78. The summed E-state index contributed by atoms with van der Waals surface area (Å²) in [6, 6.07) is 1.20. The third-order valence-electron chi connectivity index (χ3n) is 4.22. The summed E-state index contributed by atoms with van der Waals surface area (Å²) < 4.78 is 0. The lowest BCUT2D eigenvalue weighted by Crippen LogP contribution is -2.57. The predicted octanol–water partition coefficient (Wildman–Crippen LogP) is -0.934. The maximum atomic E-state index is 12.6. The number of hydrogen-bond acceptors (Lipinski definition) is 5. The molecule has 8 heteroatoms. The number of amides is 4. The number of imide groups is 1. The van der Waals surface area contributed by atoms with Crippen LogP contribution in [0.1, 0.15) is 25.7 Å². The first-order chi connectivity index (χ1) is 10.0. The molecule has 0 radical (unpaired) electrons. The van der Waals surface area contributed by atoms with E-state index in [4.69, 9.17) is 11.0 Å². The van der Waals surface area contributed by atoms with Crippen molar-refractivity contribution in [3.8, 4) is 6.07 Å². The first kappa shape index (κ1) is 15.3. The Bertz CT molecular complexity index is 501. The van der Waals surface area contributed by atoms with Crippen molar-refractivity contribution in [2.45, 2.75) is 31.2 Å². The van der Waals surface area contributed by atoms with Gasteiger partial charge < -0.3 is 16.4 Å². The van der Waals surface area contributed by atoms with Crippen molar-refractivity contribution >= 4 is 17.8 Å². The molecule has 0 bridgehead atoms. The Balaban J connectivity index is 2.12. The van der Waals surface area contributed by atoms with Gasteiger partial charge in [0, 0.05) is 5.92 Å².